The lowest BCUT2D eigenvalue weighted by Crippen LogP contribution is -2.48. The number of aliphatic imine (C=N–C) groups is 1. The Morgan fingerprint density at radius 3 is 2.52 bits per heavy atom. The van der Waals surface area contributed by atoms with E-state index in [1.54, 1.807) is 26.0 Å². The van der Waals surface area contributed by atoms with Crippen LogP contribution in [0.25, 0.3) is 0 Å². The first-order valence-corrected chi connectivity index (χ1v) is 9.54. The van der Waals surface area contributed by atoms with Crippen molar-refractivity contribution < 1.29 is 4.79 Å². The highest BCUT2D eigenvalue weighted by Crippen LogP contribution is 2.15. The highest BCUT2D eigenvalue weighted by molar-refractivity contribution is 14.0. The van der Waals surface area contributed by atoms with Crippen LogP contribution in [0.3, 0.4) is 0 Å². The average Bonchev–Trinajstić information content (AvgIpc) is 2.68. The van der Waals surface area contributed by atoms with Crippen molar-refractivity contribution in [1.82, 2.24) is 20.4 Å². The lowest BCUT2D eigenvalue weighted by molar-refractivity contribution is 0.0827. The number of nitrogens with zero attached hydrogens (tertiary/aromatic N) is 3. The van der Waals surface area contributed by atoms with E-state index in [1.807, 2.05) is 24.3 Å². The summed E-state index contributed by atoms with van der Waals surface area (Å²) >= 11 is 0. The first-order chi connectivity index (χ1) is 12.5. The monoisotopic (exact) mass is 487 g/mol. The van der Waals surface area contributed by atoms with Crippen molar-refractivity contribution in [3.05, 3.63) is 35.4 Å². The number of benzene rings is 1. The van der Waals surface area contributed by atoms with Crippen LogP contribution in [0, 0.1) is 0 Å². The maximum absolute atomic E-state index is 11.9. The van der Waals surface area contributed by atoms with Crippen molar-refractivity contribution in [3.8, 4) is 0 Å². The number of hydrogen-bond donors (Lipinski definition) is 2. The Kier molecular flexibility index (Phi) is 10.7. The van der Waals surface area contributed by atoms with Crippen LogP contribution >= 0.6 is 24.0 Å². The lowest BCUT2D eigenvalue weighted by atomic mass is 10.0. The number of hydrogen-bond acceptors (Lipinski definition) is 3. The summed E-state index contributed by atoms with van der Waals surface area (Å²) in [7, 11) is 5.32. The van der Waals surface area contributed by atoms with Crippen LogP contribution in [0.1, 0.15) is 42.1 Å². The van der Waals surface area contributed by atoms with Gasteiger partial charge in [0, 0.05) is 45.8 Å². The number of rotatable bonds is 6. The summed E-state index contributed by atoms with van der Waals surface area (Å²) in [5.74, 6) is 0.843. The molecule has 1 fully saturated rings. The van der Waals surface area contributed by atoms with Crippen LogP contribution in [0.4, 0.5) is 0 Å². The molecule has 0 saturated carbocycles. The van der Waals surface area contributed by atoms with Gasteiger partial charge < -0.3 is 15.5 Å². The molecule has 1 amide bonds. The fraction of sp³-hybridized carbons (Fsp3) is 0.600. The highest BCUT2D eigenvalue weighted by Gasteiger charge is 2.20. The van der Waals surface area contributed by atoms with Gasteiger partial charge in [-0.25, -0.2) is 0 Å². The summed E-state index contributed by atoms with van der Waals surface area (Å²) < 4.78 is 0. The molecule has 0 aliphatic carbocycles. The number of halogens is 1. The minimum Gasteiger partial charge on any atom is -0.355 e. The van der Waals surface area contributed by atoms with E-state index in [2.05, 4.69) is 27.4 Å². The number of likely N-dealkylation sites (tertiary alicyclic amines) is 1. The molecule has 0 radical (unpaired) electrons. The zero-order valence-electron chi connectivity index (χ0n) is 17.0. The van der Waals surface area contributed by atoms with E-state index in [9.17, 15) is 4.79 Å². The first kappa shape index (κ1) is 23.7. The van der Waals surface area contributed by atoms with Crippen LogP contribution in [0.2, 0.25) is 0 Å². The minimum atomic E-state index is 0. The van der Waals surface area contributed by atoms with Crippen LogP contribution < -0.4 is 10.6 Å². The van der Waals surface area contributed by atoms with Gasteiger partial charge in [0.25, 0.3) is 5.91 Å². The number of carbonyl (C=O) groups excluding carboxylic acids is 1. The maximum atomic E-state index is 11.9. The molecule has 1 unspecified atom stereocenters. The van der Waals surface area contributed by atoms with Gasteiger partial charge in [-0.15, -0.1) is 24.0 Å². The van der Waals surface area contributed by atoms with Crippen LogP contribution in [-0.2, 0) is 6.54 Å². The molecule has 2 N–H and O–H groups in total. The molecule has 0 bridgehead atoms. The van der Waals surface area contributed by atoms with Crippen LogP contribution in [0.15, 0.2) is 29.3 Å². The summed E-state index contributed by atoms with van der Waals surface area (Å²) in [6, 6.07) is 8.30. The number of carbonyl (C=O) groups is 1. The Morgan fingerprint density at radius 1 is 1.22 bits per heavy atom. The standard InChI is InChI=1S/C20H33N5O.HI/c1-5-25-13-7-6-8-18(25)15-23-20(21-2)22-14-16-9-11-17(12-10-16)19(26)24(3)4;/h9-12,18H,5-8,13-15H2,1-4H3,(H2,21,22,23);1H. The van der Waals surface area contributed by atoms with Gasteiger partial charge in [-0.3, -0.25) is 14.7 Å². The van der Waals surface area contributed by atoms with Gasteiger partial charge in [-0.2, -0.15) is 0 Å². The van der Waals surface area contributed by atoms with E-state index in [0.717, 1.165) is 24.6 Å². The molecule has 1 heterocycles. The molecule has 1 aliphatic heterocycles. The summed E-state index contributed by atoms with van der Waals surface area (Å²) in [5, 5.41) is 6.81. The van der Waals surface area contributed by atoms with Crippen molar-refractivity contribution in [2.75, 3.05) is 40.8 Å². The van der Waals surface area contributed by atoms with E-state index in [1.165, 1.54) is 25.8 Å². The van der Waals surface area contributed by atoms with Crippen LogP contribution in [0.5, 0.6) is 0 Å². The number of guanidine groups is 1. The number of amides is 1. The van der Waals surface area contributed by atoms with Gasteiger partial charge >= 0.3 is 0 Å². The molecule has 7 heteroatoms. The normalized spacial score (nSPS) is 17.8. The third-order valence-electron chi connectivity index (χ3n) is 4.95. The van der Waals surface area contributed by atoms with Gasteiger partial charge in [0.1, 0.15) is 0 Å². The molecular weight excluding hydrogens is 453 g/mol. The minimum absolute atomic E-state index is 0. The van der Waals surface area contributed by atoms with Gasteiger partial charge in [-0.05, 0) is 43.6 Å². The highest BCUT2D eigenvalue weighted by atomic mass is 127. The Morgan fingerprint density at radius 2 is 1.93 bits per heavy atom. The second-order valence-corrected chi connectivity index (χ2v) is 6.98. The molecule has 0 aromatic heterocycles. The number of nitrogens with one attached hydrogen (secondary N) is 2. The van der Waals surface area contributed by atoms with Gasteiger partial charge in [0.15, 0.2) is 5.96 Å². The Hall–Kier alpha value is -1.35. The van der Waals surface area contributed by atoms with E-state index in [-0.39, 0.29) is 29.9 Å². The zero-order valence-corrected chi connectivity index (χ0v) is 19.3. The zero-order chi connectivity index (χ0) is 18.9. The quantitative estimate of drug-likeness (QED) is 0.368. The summed E-state index contributed by atoms with van der Waals surface area (Å²) in [5.41, 5.74) is 1.83. The predicted octanol–water partition coefficient (Wildman–Crippen LogP) is 2.55. The van der Waals surface area contributed by atoms with Gasteiger partial charge in [0.2, 0.25) is 0 Å². The fourth-order valence-electron chi connectivity index (χ4n) is 3.35. The van der Waals surface area contributed by atoms with Crippen molar-refractivity contribution in [2.24, 2.45) is 4.99 Å². The second-order valence-electron chi connectivity index (χ2n) is 6.98. The molecule has 2 rings (SSSR count). The van der Waals surface area contributed by atoms with E-state index < -0.39 is 0 Å². The van der Waals surface area contributed by atoms with Crippen molar-refractivity contribution in [1.29, 1.82) is 0 Å². The number of likely N-dealkylation sites (N-methyl/N-ethyl adjacent to an activating group) is 1. The molecule has 1 atom stereocenters. The molecule has 0 spiro atoms. The number of piperidine rings is 1. The molecule has 27 heavy (non-hydrogen) atoms. The lowest BCUT2D eigenvalue weighted by Gasteiger charge is -2.35. The Labute approximate surface area is 180 Å². The van der Waals surface area contributed by atoms with Gasteiger partial charge in [0.05, 0.1) is 0 Å². The topological polar surface area (TPSA) is 60.0 Å². The van der Waals surface area contributed by atoms with E-state index in [0.29, 0.717) is 18.2 Å². The largest absolute Gasteiger partial charge is 0.355 e. The molecule has 152 valence electrons. The van der Waals surface area contributed by atoms with Crippen LogP contribution in [-0.4, -0.2) is 68.5 Å². The van der Waals surface area contributed by atoms with Crippen molar-refractivity contribution in [2.45, 2.75) is 38.8 Å². The van der Waals surface area contributed by atoms with Crippen molar-refractivity contribution >= 4 is 35.8 Å². The van der Waals surface area contributed by atoms with E-state index >= 15 is 0 Å². The smallest absolute Gasteiger partial charge is 0.253 e. The Balaban J connectivity index is 0.00000364. The third kappa shape index (κ3) is 7.29. The molecular formula is C20H34IN5O. The van der Waals surface area contributed by atoms with Gasteiger partial charge in [-0.1, -0.05) is 25.5 Å². The molecule has 1 saturated heterocycles. The molecule has 1 aromatic rings. The Bertz CT molecular complexity index is 603. The maximum Gasteiger partial charge on any atom is 0.253 e. The third-order valence-corrected chi connectivity index (χ3v) is 4.95. The molecule has 1 aliphatic rings. The first-order valence-electron chi connectivity index (χ1n) is 9.54. The fourth-order valence-corrected chi connectivity index (χ4v) is 3.35. The molecule has 6 nitrogen and oxygen atoms in total. The SMILES string of the molecule is CCN1CCCCC1CNC(=NC)NCc1ccc(C(=O)N(C)C)cc1.I. The van der Waals surface area contributed by atoms with E-state index in [4.69, 9.17) is 0 Å². The summed E-state index contributed by atoms with van der Waals surface area (Å²) in [4.78, 5) is 20.4. The summed E-state index contributed by atoms with van der Waals surface area (Å²) in [6.07, 6.45) is 3.87. The van der Waals surface area contributed by atoms with Crippen molar-refractivity contribution in [3.63, 3.8) is 0 Å². The summed E-state index contributed by atoms with van der Waals surface area (Å²) in [6.45, 7) is 6.14. The predicted molar refractivity (Wildman–Crippen MR) is 123 cm³/mol. The second kappa shape index (κ2) is 12.2. The molecule has 1 aromatic carbocycles. The average molecular weight is 487 g/mol.